The third kappa shape index (κ3) is 4.30. The zero-order chi connectivity index (χ0) is 14.4. The van der Waals surface area contributed by atoms with Gasteiger partial charge in [-0.1, -0.05) is 48.0 Å². The van der Waals surface area contributed by atoms with Gasteiger partial charge in [0.15, 0.2) is 0 Å². The Morgan fingerprint density at radius 1 is 1.25 bits per heavy atom. The van der Waals surface area contributed by atoms with E-state index in [1.165, 1.54) is 11.1 Å². The summed E-state index contributed by atoms with van der Waals surface area (Å²) in [5.74, 6) is 0. The highest BCUT2D eigenvalue weighted by molar-refractivity contribution is 7.10. The first-order valence-corrected chi connectivity index (χ1v) is 7.65. The van der Waals surface area contributed by atoms with E-state index >= 15 is 0 Å². The molecule has 2 aromatic rings. The van der Waals surface area contributed by atoms with Crippen LogP contribution in [-0.4, -0.2) is 18.2 Å². The van der Waals surface area contributed by atoms with Crippen LogP contribution in [0, 0.1) is 0 Å². The summed E-state index contributed by atoms with van der Waals surface area (Å²) in [5, 5.41) is 15.7. The molecular formula is C17H21NOS. The second-order valence-electron chi connectivity index (χ2n) is 5.26. The maximum Gasteiger partial charge on any atom is 0.108 e. The molecule has 0 fully saturated rings. The van der Waals surface area contributed by atoms with Crippen LogP contribution in [-0.2, 0) is 5.60 Å². The predicted octanol–water partition coefficient (Wildman–Crippen LogP) is 3.65. The fourth-order valence-electron chi connectivity index (χ4n) is 2.06. The summed E-state index contributed by atoms with van der Waals surface area (Å²) in [4.78, 5) is 0.995. The van der Waals surface area contributed by atoms with E-state index < -0.39 is 5.60 Å². The number of aliphatic hydroxyl groups is 1. The average molecular weight is 287 g/mol. The van der Waals surface area contributed by atoms with Crippen LogP contribution >= 0.6 is 11.3 Å². The van der Waals surface area contributed by atoms with E-state index in [0.29, 0.717) is 6.54 Å². The van der Waals surface area contributed by atoms with Crippen molar-refractivity contribution < 1.29 is 5.11 Å². The molecule has 1 unspecified atom stereocenters. The van der Waals surface area contributed by atoms with Crippen molar-refractivity contribution in [3.05, 3.63) is 63.9 Å². The van der Waals surface area contributed by atoms with Gasteiger partial charge in [0.1, 0.15) is 5.60 Å². The van der Waals surface area contributed by atoms with Gasteiger partial charge >= 0.3 is 0 Å². The van der Waals surface area contributed by atoms with Gasteiger partial charge in [0.25, 0.3) is 0 Å². The van der Waals surface area contributed by atoms with E-state index in [1.54, 1.807) is 11.3 Å². The zero-order valence-corrected chi connectivity index (χ0v) is 12.8. The molecule has 0 bridgehead atoms. The van der Waals surface area contributed by atoms with Crippen LogP contribution in [0.5, 0.6) is 0 Å². The lowest BCUT2D eigenvalue weighted by Crippen LogP contribution is -2.35. The van der Waals surface area contributed by atoms with Gasteiger partial charge in [-0.2, -0.15) is 0 Å². The number of benzene rings is 1. The van der Waals surface area contributed by atoms with Gasteiger partial charge in [-0.15, -0.1) is 11.3 Å². The molecule has 1 atom stereocenters. The maximum absolute atomic E-state index is 10.4. The molecule has 0 saturated heterocycles. The lowest BCUT2D eigenvalue weighted by Gasteiger charge is -2.22. The minimum Gasteiger partial charge on any atom is -0.383 e. The highest BCUT2D eigenvalue weighted by Gasteiger charge is 2.23. The van der Waals surface area contributed by atoms with Crippen LogP contribution in [0.2, 0.25) is 0 Å². The molecule has 0 radical (unpaired) electrons. The van der Waals surface area contributed by atoms with Crippen LogP contribution in [0.15, 0.2) is 53.4 Å². The van der Waals surface area contributed by atoms with E-state index in [2.05, 4.69) is 30.4 Å². The predicted molar refractivity (Wildman–Crippen MR) is 86.9 cm³/mol. The van der Waals surface area contributed by atoms with Crippen molar-refractivity contribution in [2.24, 2.45) is 0 Å². The molecule has 0 saturated carbocycles. The normalized spacial score (nSPS) is 15.1. The molecule has 3 heteroatoms. The largest absolute Gasteiger partial charge is 0.383 e. The van der Waals surface area contributed by atoms with Crippen LogP contribution in [0.1, 0.15) is 24.3 Å². The highest BCUT2D eigenvalue weighted by atomic mass is 32.1. The highest BCUT2D eigenvalue weighted by Crippen LogP contribution is 2.24. The topological polar surface area (TPSA) is 32.3 Å². The van der Waals surface area contributed by atoms with Crippen molar-refractivity contribution in [3.8, 4) is 0 Å². The van der Waals surface area contributed by atoms with Gasteiger partial charge in [0.2, 0.25) is 0 Å². The number of hydrogen-bond donors (Lipinski definition) is 2. The van der Waals surface area contributed by atoms with Crippen molar-refractivity contribution in [1.82, 2.24) is 5.32 Å². The van der Waals surface area contributed by atoms with Crippen molar-refractivity contribution >= 4 is 17.4 Å². The molecule has 20 heavy (non-hydrogen) atoms. The Kier molecular flexibility index (Phi) is 5.12. The summed E-state index contributed by atoms with van der Waals surface area (Å²) in [7, 11) is 0. The maximum atomic E-state index is 10.4. The molecule has 0 aliphatic carbocycles. The Labute approximate surface area is 124 Å². The standard InChI is InChI=1S/C17H21NOS/c1-14(11-15-7-4-3-5-8-15)12-18-13-17(2,19)16-9-6-10-20-16/h3-11,18-19H,12-13H2,1-2H3. The molecule has 0 amide bonds. The number of rotatable bonds is 6. The summed E-state index contributed by atoms with van der Waals surface area (Å²) in [6.45, 7) is 5.27. The molecule has 1 aromatic heterocycles. The monoisotopic (exact) mass is 287 g/mol. The Morgan fingerprint density at radius 2 is 2.00 bits per heavy atom. The van der Waals surface area contributed by atoms with Crippen molar-refractivity contribution in [3.63, 3.8) is 0 Å². The zero-order valence-electron chi connectivity index (χ0n) is 12.0. The van der Waals surface area contributed by atoms with Gasteiger partial charge in [-0.05, 0) is 30.9 Å². The quantitative estimate of drug-likeness (QED) is 0.850. The molecule has 1 aromatic carbocycles. The summed E-state index contributed by atoms with van der Waals surface area (Å²) in [6, 6.07) is 14.2. The molecule has 0 aliphatic heterocycles. The summed E-state index contributed by atoms with van der Waals surface area (Å²) in [5.41, 5.74) is 1.65. The first kappa shape index (κ1) is 15.0. The molecule has 0 aliphatic rings. The smallest absolute Gasteiger partial charge is 0.108 e. The lowest BCUT2D eigenvalue weighted by molar-refractivity contribution is 0.0617. The Bertz CT molecular complexity index is 544. The Morgan fingerprint density at radius 3 is 2.65 bits per heavy atom. The number of thiophene rings is 1. The fourth-order valence-corrected chi connectivity index (χ4v) is 2.85. The Balaban J connectivity index is 1.85. The summed E-state index contributed by atoms with van der Waals surface area (Å²) >= 11 is 1.59. The van der Waals surface area contributed by atoms with E-state index in [-0.39, 0.29) is 0 Å². The second kappa shape index (κ2) is 6.84. The van der Waals surface area contributed by atoms with Gasteiger partial charge in [0.05, 0.1) is 0 Å². The second-order valence-corrected chi connectivity index (χ2v) is 6.20. The van der Waals surface area contributed by atoms with Crippen molar-refractivity contribution in [2.75, 3.05) is 13.1 Å². The van der Waals surface area contributed by atoms with E-state index in [9.17, 15) is 5.11 Å². The third-order valence-corrected chi connectivity index (χ3v) is 4.26. The molecule has 106 valence electrons. The first-order chi connectivity index (χ1) is 9.58. The van der Waals surface area contributed by atoms with Gasteiger partial charge in [-0.3, -0.25) is 0 Å². The van der Waals surface area contributed by atoms with E-state index in [1.807, 2.05) is 42.6 Å². The summed E-state index contributed by atoms with van der Waals surface area (Å²) in [6.07, 6.45) is 2.16. The minimum atomic E-state index is -0.804. The molecule has 2 N–H and O–H groups in total. The van der Waals surface area contributed by atoms with Crippen LogP contribution in [0.25, 0.3) is 6.08 Å². The lowest BCUT2D eigenvalue weighted by atomic mass is 10.1. The van der Waals surface area contributed by atoms with E-state index in [4.69, 9.17) is 0 Å². The molecule has 2 rings (SSSR count). The van der Waals surface area contributed by atoms with Crippen LogP contribution in [0.4, 0.5) is 0 Å². The SMILES string of the molecule is CC(=Cc1ccccc1)CNCC(C)(O)c1cccs1. The van der Waals surface area contributed by atoms with Crippen LogP contribution < -0.4 is 5.32 Å². The molecule has 0 spiro atoms. The molecule has 2 nitrogen and oxygen atoms in total. The van der Waals surface area contributed by atoms with Crippen molar-refractivity contribution in [2.45, 2.75) is 19.4 Å². The third-order valence-electron chi connectivity index (χ3n) is 3.14. The molecular weight excluding hydrogens is 266 g/mol. The van der Waals surface area contributed by atoms with Crippen LogP contribution in [0.3, 0.4) is 0 Å². The van der Waals surface area contributed by atoms with E-state index in [0.717, 1.165) is 11.4 Å². The first-order valence-electron chi connectivity index (χ1n) is 6.77. The summed E-state index contributed by atoms with van der Waals surface area (Å²) < 4.78 is 0. The van der Waals surface area contributed by atoms with Gasteiger partial charge in [-0.25, -0.2) is 0 Å². The molecule has 1 heterocycles. The average Bonchev–Trinajstić information content (AvgIpc) is 2.94. The van der Waals surface area contributed by atoms with Gasteiger partial charge < -0.3 is 10.4 Å². The van der Waals surface area contributed by atoms with Crippen molar-refractivity contribution in [1.29, 1.82) is 0 Å². The van der Waals surface area contributed by atoms with Gasteiger partial charge in [0, 0.05) is 18.0 Å². The number of hydrogen-bond acceptors (Lipinski definition) is 3. The number of nitrogens with one attached hydrogen (secondary N) is 1. The minimum absolute atomic E-state index is 0.549. The fraction of sp³-hybridized carbons (Fsp3) is 0.294. The Hall–Kier alpha value is -1.42.